The summed E-state index contributed by atoms with van der Waals surface area (Å²) >= 11 is 0. The molecule has 0 spiro atoms. The monoisotopic (exact) mass is 250 g/mol. The molecule has 1 atom stereocenters. The first kappa shape index (κ1) is 13.0. The number of piperidine rings is 1. The Morgan fingerprint density at radius 1 is 1.61 bits per heavy atom. The standard InChI is InChI=1S/C14H22N2O2/c1-11-5-4-7-16(9-11)14(17)15(3)10-13-6-8-18-12(13)2/h6,8,11H,4-5,7,9-10H2,1-3H3. The zero-order valence-electron chi connectivity index (χ0n) is 11.5. The molecule has 1 aromatic heterocycles. The summed E-state index contributed by atoms with van der Waals surface area (Å²) in [7, 11) is 1.86. The molecule has 0 bridgehead atoms. The Morgan fingerprint density at radius 3 is 3.00 bits per heavy atom. The normalized spacial score (nSPS) is 19.9. The van der Waals surface area contributed by atoms with Gasteiger partial charge in [0.05, 0.1) is 12.8 Å². The Bertz CT molecular complexity index is 414. The van der Waals surface area contributed by atoms with Gasteiger partial charge in [-0.25, -0.2) is 4.79 Å². The van der Waals surface area contributed by atoms with Crippen LogP contribution in [0, 0.1) is 12.8 Å². The third kappa shape index (κ3) is 2.86. The quantitative estimate of drug-likeness (QED) is 0.809. The lowest BCUT2D eigenvalue weighted by Crippen LogP contribution is -2.45. The largest absolute Gasteiger partial charge is 0.469 e. The third-order valence-corrected chi connectivity index (χ3v) is 3.63. The molecule has 0 aliphatic carbocycles. The zero-order valence-corrected chi connectivity index (χ0v) is 11.5. The lowest BCUT2D eigenvalue weighted by molar-refractivity contribution is 0.137. The van der Waals surface area contributed by atoms with Crippen LogP contribution < -0.4 is 0 Å². The topological polar surface area (TPSA) is 36.7 Å². The number of urea groups is 1. The van der Waals surface area contributed by atoms with Gasteiger partial charge in [0, 0.05) is 25.7 Å². The average molecular weight is 250 g/mol. The van der Waals surface area contributed by atoms with Gasteiger partial charge in [-0.15, -0.1) is 0 Å². The SMILES string of the molecule is Cc1occc1CN(C)C(=O)N1CCCC(C)C1. The smallest absolute Gasteiger partial charge is 0.320 e. The minimum absolute atomic E-state index is 0.127. The van der Waals surface area contributed by atoms with Crippen LogP contribution >= 0.6 is 0 Å². The molecule has 2 heterocycles. The summed E-state index contributed by atoms with van der Waals surface area (Å²) in [6, 6.07) is 2.06. The van der Waals surface area contributed by atoms with Crippen molar-refractivity contribution in [2.24, 2.45) is 5.92 Å². The minimum atomic E-state index is 0.127. The van der Waals surface area contributed by atoms with Crippen molar-refractivity contribution in [2.45, 2.75) is 33.2 Å². The molecule has 1 fully saturated rings. The summed E-state index contributed by atoms with van der Waals surface area (Å²) in [5.41, 5.74) is 1.08. The summed E-state index contributed by atoms with van der Waals surface area (Å²) in [4.78, 5) is 16.0. The van der Waals surface area contributed by atoms with Crippen molar-refractivity contribution in [1.29, 1.82) is 0 Å². The molecule has 2 amide bonds. The fourth-order valence-corrected chi connectivity index (χ4v) is 2.50. The van der Waals surface area contributed by atoms with E-state index < -0.39 is 0 Å². The summed E-state index contributed by atoms with van der Waals surface area (Å²) < 4.78 is 5.26. The van der Waals surface area contributed by atoms with Gasteiger partial charge in [0.15, 0.2) is 0 Å². The Labute approximate surface area is 109 Å². The van der Waals surface area contributed by atoms with Crippen LogP contribution in [0.3, 0.4) is 0 Å². The molecule has 4 nitrogen and oxygen atoms in total. The number of amides is 2. The van der Waals surface area contributed by atoms with Gasteiger partial charge in [-0.05, 0) is 31.7 Å². The number of rotatable bonds is 2. The van der Waals surface area contributed by atoms with E-state index in [2.05, 4.69) is 6.92 Å². The zero-order chi connectivity index (χ0) is 13.1. The van der Waals surface area contributed by atoms with Crippen molar-refractivity contribution in [3.05, 3.63) is 23.7 Å². The fraction of sp³-hybridized carbons (Fsp3) is 0.643. The van der Waals surface area contributed by atoms with Crippen LogP contribution in [0.2, 0.25) is 0 Å². The molecule has 1 saturated heterocycles. The molecule has 2 rings (SSSR count). The van der Waals surface area contributed by atoms with Gasteiger partial charge in [0.2, 0.25) is 0 Å². The van der Waals surface area contributed by atoms with Crippen LogP contribution in [-0.2, 0) is 6.54 Å². The van der Waals surface area contributed by atoms with Crippen molar-refractivity contribution in [3.63, 3.8) is 0 Å². The van der Waals surface area contributed by atoms with Crippen molar-refractivity contribution < 1.29 is 9.21 Å². The first-order chi connectivity index (χ1) is 8.58. The van der Waals surface area contributed by atoms with Gasteiger partial charge >= 0.3 is 6.03 Å². The van der Waals surface area contributed by atoms with Gasteiger partial charge in [0.1, 0.15) is 5.76 Å². The maximum atomic E-state index is 12.3. The molecule has 0 radical (unpaired) electrons. The lowest BCUT2D eigenvalue weighted by atomic mass is 10.0. The van der Waals surface area contributed by atoms with Crippen molar-refractivity contribution in [3.8, 4) is 0 Å². The van der Waals surface area contributed by atoms with Crippen molar-refractivity contribution in [2.75, 3.05) is 20.1 Å². The van der Waals surface area contributed by atoms with Crippen LogP contribution in [0.5, 0.6) is 0 Å². The van der Waals surface area contributed by atoms with Crippen LogP contribution in [0.1, 0.15) is 31.1 Å². The van der Waals surface area contributed by atoms with E-state index in [0.29, 0.717) is 12.5 Å². The molecule has 1 unspecified atom stereocenters. The van der Waals surface area contributed by atoms with E-state index in [0.717, 1.165) is 30.8 Å². The number of hydrogen-bond donors (Lipinski definition) is 0. The molecule has 1 aromatic rings. The number of hydrogen-bond acceptors (Lipinski definition) is 2. The number of likely N-dealkylation sites (tertiary alicyclic amines) is 1. The van der Waals surface area contributed by atoms with Crippen LogP contribution in [0.25, 0.3) is 0 Å². The van der Waals surface area contributed by atoms with Crippen molar-refractivity contribution in [1.82, 2.24) is 9.80 Å². The first-order valence-electron chi connectivity index (χ1n) is 6.61. The summed E-state index contributed by atoms with van der Waals surface area (Å²) in [5.74, 6) is 1.51. The molecule has 1 aliphatic rings. The third-order valence-electron chi connectivity index (χ3n) is 3.63. The minimum Gasteiger partial charge on any atom is -0.469 e. The summed E-state index contributed by atoms with van der Waals surface area (Å²) in [6.45, 7) is 6.52. The number of carbonyl (C=O) groups excluding carboxylic acids is 1. The highest BCUT2D eigenvalue weighted by Gasteiger charge is 2.23. The van der Waals surface area contributed by atoms with Crippen LogP contribution in [-0.4, -0.2) is 36.0 Å². The second-order valence-corrected chi connectivity index (χ2v) is 5.33. The molecule has 4 heteroatoms. The molecular weight excluding hydrogens is 228 g/mol. The van der Waals surface area contributed by atoms with E-state index in [9.17, 15) is 4.79 Å². The summed E-state index contributed by atoms with van der Waals surface area (Å²) in [6.07, 6.45) is 4.02. The highest BCUT2D eigenvalue weighted by Crippen LogP contribution is 2.18. The highest BCUT2D eigenvalue weighted by atomic mass is 16.3. The molecule has 1 aliphatic heterocycles. The number of furan rings is 1. The van der Waals surface area contributed by atoms with E-state index in [1.165, 1.54) is 6.42 Å². The van der Waals surface area contributed by atoms with Crippen LogP contribution in [0.4, 0.5) is 4.79 Å². The second kappa shape index (κ2) is 5.46. The molecule has 18 heavy (non-hydrogen) atoms. The maximum Gasteiger partial charge on any atom is 0.320 e. The van der Waals surface area contributed by atoms with Gasteiger partial charge in [-0.1, -0.05) is 6.92 Å². The predicted molar refractivity (Wildman–Crippen MR) is 70.3 cm³/mol. The molecule has 0 saturated carbocycles. The Hall–Kier alpha value is -1.45. The Kier molecular flexibility index (Phi) is 3.94. The second-order valence-electron chi connectivity index (χ2n) is 5.33. The molecule has 0 N–H and O–H groups in total. The maximum absolute atomic E-state index is 12.3. The summed E-state index contributed by atoms with van der Waals surface area (Å²) in [5, 5.41) is 0. The van der Waals surface area contributed by atoms with E-state index in [1.54, 1.807) is 11.2 Å². The van der Waals surface area contributed by atoms with Gasteiger partial charge in [-0.2, -0.15) is 0 Å². The molecule has 0 aromatic carbocycles. The fourth-order valence-electron chi connectivity index (χ4n) is 2.50. The Balaban J connectivity index is 1.94. The van der Waals surface area contributed by atoms with Gasteiger partial charge in [-0.3, -0.25) is 0 Å². The number of aryl methyl sites for hydroxylation is 1. The average Bonchev–Trinajstić information content (AvgIpc) is 2.74. The van der Waals surface area contributed by atoms with E-state index >= 15 is 0 Å². The lowest BCUT2D eigenvalue weighted by Gasteiger charge is -2.34. The van der Waals surface area contributed by atoms with Crippen molar-refractivity contribution >= 4 is 6.03 Å². The molecule has 100 valence electrons. The van der Waals surface area contributed by atoms with E-state index in [4.69, 9.17) is 4.42 Å². The van der Waals surface area contributed by atoms with E-state index in [1.807, 2.05) is 24.9 Å². The number of carbonyl (C=O) groups is 1. The molecular formula is C14H22N2O2. The van der Waals surface area contributed by atoms with Crippen LogP contribution in [0.15, 0.2) is 16.7 Å². The van der Waals surface area contributed by atoms with Gasteiger partial charge < -0.3 is 14.2 Å². The number of nitrogens with zero attached hydrogens (tertiary/aromatic N) is 2. The first-order valence-corrected chi connectivity index (χ1v) is 6.61. The highest BCUT2D eigenvalue weighted by molar-refractivity contribution is 5.74. The predicted octanol–water partition coefficient (Wildman–Crippen LogP) is 2.87. The Morgan fingerprint density at radius 2 is 2.39 bits per heavy atom. The van der Waals surface area contributed by atoms with E-state index in [-0.39, 0.29) is 6.03 Å². The van der Waals surface area contributed by atoms with Gasteiger partial charge in [0.25, 0.3) is 0 Å².